The van der Waals surface area contributed by atoms with Crippen LogP contribution in [0.1, 0.15) is 108 Å². The van der Waals surface area contributed by atoms with Gasteiger partial charge >= 0.3 is 11.9 Å². The Balaban J connectivity index is 2.25. The molecule has 3 aliphatic heterocycles. The molecule has 15 nitrogen and oxygen atoms in total. The molecule has 0 aromatic heterocycles. The molecule has 3 saturated heterocycles. The van der Waals surface area contributed by atoms with Crippen LogP contribution >= 0.6 is 0 Å². The second kappa shape index (κ2) is 19.5. The predicted molar refractivity (Wildman–Crippen MR) is 205 cm³/mol. The maximum absolute atomic E-state index is 14.4. The van der Waals surface area contributed by atoms with E-state index in [4.69, 9.17) is 33.2 Å². The van der Waals surface area contributed by atoms with Crippen LogP contribution in [0.15, 0.2) is 0 Å². The summed E-state index contributed by atoms with van der Waals surface area (Å²) in [4.78, 5) is 43.1. The molecule has 3 rings (SSSR count). The molecule has 2 bridgehead atoms. The highest BCUT2D eigenvalue weighted by molar-refractivity contribution is 5.85. The number of aliphatic hydroxyl groups is 4. The number of hydrogen-bond donors (Lipinski definition) is 4. The van der Waals surface area contributed by atoms with Gasteiger partial charge in [-0.05, 0) is 81.3 Å². The van der Waals surface area contributed by atoms with Gasteiger partial charge in [0.15, 0.2) is 12.4 Å². The van der Waals surface area contributed by atoms with E-state index in [2.05, 4.69) is 0 Å². The van der Waals surface area contributed by atoms with Crippen LogP contribution in [-0.2, 0) is 47.5 Å². The summed E-state index contributed by atoms with van der Waals surface area (Å²) >= 11 is 0. The Hall–Kier alpha value is -1.79. The van der Waals surface area contributed by atoms with Crippen LogP contribution in [-0.4, -0.2) is 155 Å². The third-order valence-electron chi connectivity index (χ3n) is 12.8. The Morgan fingerprint density at radius 3 is 2.20 bits per heavy atom. The first kappa shape index (κ1) is 48.6. The van der Waals surface area contributed by atoms with Crippen LogP contribution in [0.4, 0.5) is 0 Å². The average Bonchev–Trinajstić information content (AvgIpc) is 3.49. The molecule has 0 aromatic carbocycles. The minimum atomic E-state index is -1.98. The van der Waals surface area contributed by atoms with E-state index in [0.717, 1.165) is 0 Å². The SMILES string of the molecule is CCC1O[C@]2(C)C[C@@H]1C(=O)[C@H](C)[C@@H](O)[C@](C)(O)[C@@H](CC)OC(=O)[C@H](C)[C@@H](OCC[C@@](C)(OC)[C@@H](O)[C@H](C)O)[C@H](C)[C@H]2OC1O[C@H](C)C[C@H](N(C)C)[C@H]1OC(C)=O. The maximum atomic E-state index is 14.4. The third kappa shape index (κ3) is 10.5. The standard InChI is InChI=1S/C41H73NO14/c1-15-29-27-20-40(10,56-29)36(55-38-33(53-26(8)44)28(42(12)13)19-21(3)52-38)23(5)32(51-18-17-39(9,50-14)35(47)25(7)43)24(6)37(48)54-30(16-2)41(11,49)34(46)22(4)31(27)45/h21-25,27-30,32-36,38,43,46-47,49H,15-20H2,1-14H3/t21-,22+,23+,24-,25+,27+,28+,29?,30-,32+,33-,34-,35+,36-,38?,39-,40-,41-/m1/s1. The van der Waals surface area contributed by atoms with Crippen molar-refractivity contribution in [3.63, 3.8) is 0 Å². The number of nitrogens with zero attached hydrogens (tertiary/aromatic N) is 1. The molecule has 0 radical (unpaired) electrons. The average molecular weight is 804 g/mol. The fraction of sp³-hybridized carbons (Fsp3) is 0.927. The molecular weight excluding hydrogens is 730 g/mol. The van der Waals surface area contributed by atoms with Crippen molar-refractivity contribution in [3.05, 3.63) is 0 Å². The number of likely N-dealkylation sites (N-methyl/N-ethyl adjacent to an activating group) is 1. The van der Waals surface area contributed by atoms with Crippen molar-refractivity contribution in [1.82, 2.24) is 4.90 Å². The highest BCUT2D eigenvalue weighted by Crippen LogP contribution is 2.47. The number of rotatable bonds is 13. The zero-order chi connectivity index (χ0) is 42.7. The summed E-state index contributed by atoms with van der Waals surface area (Å²) < 4.78 is 44.4. The highest BCUT2D eigenvalue weighted by Gasteiger charge is 2.58. The lowest BCUT2D eigenvalue weighted by molar-refractivity contribution is -0.303. The second-order valence-corrected chi connectivity index (χ2v) is 17.5. The molecule has 2 unspecified atom stereocenters. The molecular formula is C41H73NO14. The van der Waals surface area contributed by atoms with E-state index >= 15 is 0 Å². The van der Waals surface area contributed by atoms with E-state index in [-0.39, 0.29) is 43.8 Å². The summed E-state index contributed by atoms with van der Waals surface area (Å²) in [7, 11) is 5.21. The number of ether oxygens (including phenoxy) is 7. The van der Waals surface area contributed by atoms with Crippen LogP contribution in [0, 0.1) is 23.7 Å². The summed E-state index contributed by atoms with van der Waals surface area (Å²) in [5.41, 5.74) is -4.41. The first-order valence-electron chi connectivity index (χ1n) is 20.4. The topological polar surface area (TPSA) is 200 Å². The van der Waals surface area contributed by atoms with Crippen molar-refractivity contribution >= 4 is 17.7 Å². The highest BCUT2D eigenvalue weighted by atomic mass is 16.7. The number of fused-ring (bicyclic) bond motifs is 2. The minimum absolute atomic E-state index is 0.0371. The zero-order valence-corrected chi connectivity index (χ0v) is 36.2. The van der Waals surface area contributed by atoms with Gasteiger partial charge in [0, 0.05) is 44.8 Å². The van der Waals surface area contributed by atoms with Crippen molar-refractivity contribution in [3.8, 4) is 0 Å². The number of ketones is 1. The summed E-state index contributed by atoms with van der Waals surface area (Å²) in [5, 5.41) is 44.4. The maximum Gasteiger partial charge on any atom is 0.311 e. The molecule has 0 aliphatic carbocycles. The van der Waals surface area contributed by atoms with E-state index in [1.807, 2.05) is 46.7 Å². The molecule has 3 fully saturated rings. The van der Waals surface area contributed by atoms with E-state index < -0.39 is 108 Å². The number of cyclic esters (lactones) is 1. The lowest BCUT2D eigenvalue weighted by Gasteiger charge is -2.48. The predicted octanol–water partition coefficient (Wildman–Crippen LogP) is 2.79. The lowest BCUT2D eigenvalue weighted by atomic mass is 9.74. The minimum Gasteiger partial charge on any atom is -0.459 e. The third-order valence-corrected chi connectivity index (χ3v) is 12.8. The van der Waals surface area contributed by atoms with E-state index in [9.17, 15) is 34.8 Å². The Labute approximate surface area is 334 Å². The number of aliphatic hydroxyl groups excluding tert-OH is 3. The van der Waals surface area contributed by atoms with Gasteiger partial charge < -0.3 is 58.5 Å². The number of methoxy groups -OCH3 is 1. The molecule has 4 N–H and O–H groups in total. The summed E-state index contributed by atoms with van der Waals surface area (Å²) in [6.07, 6.45) is -8.40. The molecule has 326 valence electrons. The summed E-state index contributed by atoms with van der Waals surface area (Å²) in [5.74, 6) is -4.97. The normalized spacial score (nSPS) is 42.4. The molecule has 56 heavy (non-hydrogen) atoms. The van der Waals surface area contributed by atoms with E-state index in [1.165, 1.54) is 27.9 Å². The van der Waals surface area contributed by atoms with Crippen LogP contribution in [0.2, 0.25) is 0 Å². The number of Topliss-reactive ketones (excluding diaryl/α,β-unsaturated/α-hetero) is 1. The van der Waals surface area contributed by atoms with Crippen molar-refractivity contribution in [2.24, 2.45) is 23.7 Å². The van der Waals surface area contributed by atoms with Gasteiger partial charge in [0.25, 0.3) is 0 Å². The van der Waals surface area contributed by atoms with Crippen LogP contribution in [0.3, 0.4) is 0 Å². The fourth-order valence-electron chi connectivity index (χ4n) is 9.19. The van der Waals surface area contributed by atoms with Crippen molar-refractivity contribution < 1.29 is 68.0 Å². The summed E-state index contributed by atoms with van der Waals surface area (Å²) in [6, 6.07) is -0.273. The molecule has 0 aromatic rings. The smallest absolute Gasteiger partial charge is 0.311 e. The molecule has 0 amide bonds. The Kier molecular flexibility index (Phi) is 16.9. The Morgan fingerprint density at radius 2 is 1.68 bits per heavy atom. The number of carbonyl (C=O) groups excluding carboxylic acids is 3. The molecule has 18 atom stereocenters. The van der Waals surface area contributed by atoms with E-state index in [1.54, 1.807) is 27.7 Å². The number of carbonyl (C=O) groups is 3. The Morgan fingerprint density at radius 1 is 1.05 bits per heavy atom. The zero-order valence-electron chi connectivity index (χ0n) is 36.2. The number of esters is 2. The van der Waals surface area contributed by atoms with Crippen molar-refractivity contribution in [2.75, 3.05) is 27.8 Å². The second-order valence-electron chi connectivity index (χ2n) is 17.5. The van der Waals surface area contributed by atoms with Gasteiger partial charge in [-0.15, -0.1) is 0 Å². The van der Waals surface area contributed by atoms with Gasteiger partial charge in [-0.3, -0.25) is 14.4 Å². The van der Waals surface area contributed by atoms with Crippen LogP contribution in [0.5, 0.6) is 0 Å². The van der Waals surface area contributed by atoms with Gasteiger partial charge in [-0.25, -0.2) is 0 Å². The molecule has 0 saturated carbocycles. The van der Waals surface area contributed by atoms with Crippen molar-refractivity contribution in [1.29, 1.82) is 0 Å². The molecule has 3 aliphatic rings. The lowest BCUT2D eigenvalue weighted by Crippen LogP contribution is -2.60. The first-order chi connectivity index (χ1) is 25.9. The molecule has 3 heterocycles. The Bertz CT molecular complexity index is 1310. The van der Waals surface area contributed by atoms with Crippen LogP contribution < -0.4 is 0 Å². The van der Waals surface area contributed by atoms with E-state index in [0.29, 0.717) is 12.8 Å². The van der Waals surface area contributed by atoms with Gasteiger partial charge in [0.05, 0.1) is 59.8 Å². The van der Waals surface area contributed by atoms with Crippen LogP contribution in [0.25, 0.3) is 0 Å². The van der Waals surface area contributed by atoms with Gasteiger partial charge in [-0.1, -0.05) is 27.7 Å². The number of hydrogen-bond acceptors (Lipinski definition) is 15. The molecule has 0 spiro atoms. The summed E-state index contributed by atoms with van der Waals surface area (Å²) in [6.45, 7) is 18.2. The quantitative estimate of drug-likeness (QED) is 0.198. The fourth-order valence-corrected chi connectivity index (χ4v) is 9.19. The first-order valence-corrected chi connectivity index (χ1v) is 20.4. The van der Waals surface area contributed by atoms with Gasteiger partial charge in [-0.2, -0.15) is 0 Å². The largest absolute Gasteiger partial charge is 0.459 e. The van der Waals surface area contributed by atoms with Gasteiger partial charge in [0.2, 0.25) is 0 Å². The van der Waals surface area contributed by atoms with Crippen molar-refractivity contribution in [2.45, 2.75) is 192 Å². The van der Waals surface area contributed by atoms with Gasteiger partial charge in [0.1, 0.15) is 23.6 Å². The monoisotopic (exact) mass is 804 g/mol. The molecule has 15 heteroatoms.